The second-order valence-corrected chi connectivity index (χ2v) is 4.28. The number of benzene rings is 1. The summed E-state index contributed by atoms with van der Waals surface area (Å²) in [5.41, 5.74) is 8.61. The first kappa shape index (κ1) is 11.4. The van der Waals surface area contributed by atoms with Crippen molar-refractivity contribution in [2.75, 3.05) is 0 Å². The summed E-state index contributed by atoms with van der Waals surface area (Å²) in [6.45, 7) is 0.488. The summed E-state index contributed by atoms with van der Waals surface area (Å²) in [5.74, 6) is -0.427. The Balaban J connectivity index is 1.97. The van der Waals surface area contributed by atoms with Crippen LogP contribution in [0.5, 0.6) is 0 Å². The molecule has 1 aromatic carbocycles. The van der Waals surface area contributed by atoms with Crippen LogP contribution in [0.2, 0.25) is 0 Å². The van der Waals surface area contributed by atoms with Crippen LogP contribution in [0.1, 0.15) is 15.9 Å². The fourth-order valence-electron chi connectivity index (χ4n) is 2.05. The number of nitrogens with zero attached hydrogens (tertiary/aromatic N) is 3. The average molecular weight is 252 g/mol. The molecule has 2 heterocycles. The number of nitrogens with two attached hydrogens (primary N) is 1. The van der Waals surface area contributed by atoms with Crippen molar-refractivity contribution in [3.8, 4) is 11.3 Å². The van der Waals surface area contributed by atoms with Gasteiger partial charge in [0.15, 0.2) is 0 Å². The molecule has 0 aliphatic carbocycles. The highest BCUT2D eigenvalue weighted by Crippen LogP contribution is 2.18. The predicted molar refractivity (Wildman–Crippen MR) is 70.7 cm³/mol. The van der Waals surface area contributed by atoms with E-state index in [1.807, 2.05) is 24.4 Å². The first-order valence-corrected chi connectivity index (χ1v) is 5.89. The molecule has 0 saturated carbocycles. The van der Waals surface area contributed by atoms with E-state index in [0.29, 0.717) is 12.1 Å². The Morgan fingerprint density at radius 2 is 2.11 bits per heavy atom. The van der Waals surface area contributed by atoms with E-state index >= 15 is 0 Å². The van der Waals surface area contributed by atoms with E-state index in [9.17, 15) is 4.79 Å². The monoisotopic (exact) mass is 252 g/mol. The summed E-state index contributed by atoms with van der Waals surface area (Å²) in [4.78, 5) is 15.6. The van der Waals surface area contributed by atoms with Crippen molar-refractivity contribution in [1.82, 2.24) is 14.8 Å². The maximum Gasteiger partial charge on any atom is 0.249 e. The quantitative estimate of drug-likeness (QED) is 0.768. The van der Waals surface area contributed by atoms with Crippen molar-refractivity contribution < 1.29 is 4.79 Å². The fraction of sp³-hybridized carbons (Fsp3) is 0.0714. The number of fused-ring (bicyclic) bond motifs is 1. The number of primary amides is 1. The van der Waals surface area contributed by atoms with Gasteiger partial charge in [0.1, 0.15) is 0 Å². The molecule has 94 valence electrons. The Kier molecular flexibility index (Phi) is 2.72. The molecule has 3 rings (SSSR count). The van der Waals surface area contributed by atoms with Gasteiger partial charge in [-0.1, -0.05) is 18.2 Å². The van der Waals surface area contributed by atoms with E-state index in [1.165, 1.54) is 0 Å². The average Bonchev–Trinajstić information content (AvgIpc) is 2.86. The second-order valence-electron chi connectivity index (χ2n) is 4.28. The van der Waals surface area contributed by atoms with Crippen LogP contribution in [-0.4, -0.2) is 20.7 Å². The summed E-state index contributed by atoms with van der Waals surface area (Å²) >= 11 is 0. The van der Waals surface area contributed by atoms with Gasteiger partial charge in [-0.25, -0.2) is 0 Å². The number of amides is 1. The Labute approximate surface area is 110 Å². The Hall–Kier alpha value is -2.69. The zero-order valence-electron chi connectivity index (χ0n) is 10.2. The molecule has 0 aromatic heterocycles. The molecule has 0 spiro atoms. The topological polar surface area (TPSA) is 73.8 Å². The largest absolute Gasteiger partial charge is 0.366 e. The van der Waals surface area contributed by atoms with Crippen LogP contribution in [0, 0.1) is 0 Å². The van der Waals surface area contributed by atoms with Crippen LogP contribution in [0.25, 0.3) is 11.3 Å². The molecule has 2 aliphatic heterocycles. The molecular formula is C14H12N4O. The molecule has 19 heavy (non-hydrogen) atoms. The highest BCUT2D eigenvalue weighted by atomic mass is 16.1. The van der Waals surface area contributed by atoms with Crippen molar-refractivity contribution >= 4 is 5.91 Å². The van der Waals surface area contributed by atoms with Gasteiger partial charge < -0.3 is 5.73 Å². The van der Waals surface area contributed by atoms with Gasteiger partial charge in [0.05, 0.1) is 18.4 Å². The number of aromatic nitrogens is 3. The van der Waals surface area contributed by atoms with Crippen LogP contribution >= 0.6 is 0 Å². The molecule has 5 heteroatoms. The second kappa shape index (κ2) is 4.53. The van der Waals surface area contributed by atoms with Crippen molar-refractivity contribution in [1.29, 1.82) is 0 Å². The van der Waals surface area contributed by atoms with Gasteiger partial charge >= 0.3 is 0 Å². The van der Waals surface area contributed by atoms with Crippen molar-refractivity contribution in [3.63, 3.8) is 0 Å². The first-order chi connectivity index (χ1) is 9.24. The molecule has 1 aromatic rings. The lowest BCUT2D eigenvalue weighted by Gasteiger charge is -2.10. The van der Waals surface area contributed by atoms with Crippen LogP contribution in [0.3, 0.4) is 0 Å². The van der Waals surface area contributed by atoms with Gasteiger partial charge in [-0.2, -0.15) is 5.10 Å². The summed E-state index contributed by atoms with van der Waals surface area (Å²) in [6, 6.07) is 9.17. The highest BCUT2D eigenvalue weighted by Gasteiger charge is 2.09. The minimum Gasteiger partial charge on any atom is -0.366 e. The molecule has 1 amide bonds. The fourth-order valence-corrected chi connectivity index (χ4v) is 2.05. The molecule has 0 saturated heterocycles. The van der Waals surface area contributed by atoms with Gasteiger partial charge in [-0.3, -0.25) is 14.5 Å². The summed E-state index contributed by atoms with van der Waals surface area (Å²) in [5, 5.41) is 4.30. The SMILES string of the molecule is NC(=O)c1ccccc1Cn1cc2nccc-2cn1. The molecule has 0 bridgehead atoms. The predicted octanol–water partition coefficient (Wildman–Crippen LogP) is 1.53. The van der Waals surface area contributed by atoms with Crippen LogP contribution < -0.4 is 5.73 Å². The van der Waals surface area contributed by atoms with Gasteiger partial charge in [0.2, 0.25) is 5.91 Å². The summed E-state index contributed by atoms with van der Waals surface area (Å²) in [6.07, 6.45) is 5.36. The lowest BCUT2D eigenvalue weighted by Crippen LogP contribution is -2.16. The van der Waals surface area contributed by atoms with E-state index in [2.05, 4.69) is 10.1 Å². The molecule has 2 aliphatic rings. The molecule has 0 unspecified atom stereocenters. The van der Waals surface area contributed by atoms with Crippen LogP contribution in [0.4, 0.5) is 0 Å². The molecule has 0 fully saturated rings. The number of hydrogen-bond donors (Lipinski definition) is 1. The van der Waals surface area contributed by atoms with Crippen LogP contribution in [-0.2, 0) is 6.54 Å². The number of carbonyl (C=O) groups excluding carboxylic acids is 1. The summed E-state index contributed by atoms with van der Waals surface area (Å²) < 4.78 is 1.75. The van der Waals surface area contributed by atoms with Crippen molar-refractivity contribution in [2.24, 2.45) is 5.73 Å². The van der Waals surface area contributed by atoms with Gasteiger partial charge in [-0.15, -0.1) is 0 Å². The molecule has 5 nitrogen and oxygen atoms in total. The number of carbonyl (C=O) groups is 1. The van der Waals surface area contributed by atoms with Crippen molar-refractivity contribution in [3.05, 3.63) is 60.0 Å². The van der Waals surface area contributed by atoms with Gasteiger partial charge in [0.25, 0.3) is 0 Å². The normalized spacial score (nSPS) is 10.7. The third kappa shape index (κ3) is 2.18. The smallest absolute Gasteiger partial charge is 0.249 e. The minimum atomic E-state index is -0.427. The van der Waals surface area contributed by atoms with E-state index in [-0.39, 0.29) is 0 Å². The number of hydrogen-bond acceptors (Lipinski definition) is 3. The lowest BCUT2D eigenvalue weighted by atomic mass is 10.1. The third-order valence-corrected chi connectivity index (χ3v) is 3.00. The standard InChI is InChI=1S/C14H12N4O/c15-14(19)12-4-2-1-3-11(12)8-18-9-13-10(7-17-18)5-6-16-13/h1-7,9H,8H2,(H2,15,19). The highest BCUT2D eigenvalue weighted by molar-refractivity contribution is 5.94. The molecular weight excluding hydrogens is 240 g/mol. The third-order valence-electron chi connectivity index (χ3n) is 3.00. The van der Waals surface area contributed by atoms with E-state index in [0.717, 1.165) is 16.8 Å². The van der Waals surface area contributed by atoms with E-state index in [4.69, 9.17) is 5.73 Å². The van der Waals surface area contributed by atoms with Gasteiger partial charge in [0, 0.05) is 23.5 Å². The maximum absolute atomic E-state index is 11.4. The first-order valence-electron chi connectivity index (χ1n) is 5.89. The molecule has 0 atom stereocenters. The van der Waals surface area contributed by atoms with Gasteiger partial charge in [-0.05, 0) is 17.7 Å². The Morgan fingerprint density at radius 3 is 2.95 bits per heavy atom. The Bertz CT molecular complexity index is 704. The summed E-state index contributed by atoms with van der Waals surface area (Å²) in [7, 11) is 0. The molecule has 2 N–H and O–H groups in total. The Morgan fingerprint density at radius 1 is 1.26 bits per heavy atom. The van der Waals surface area contributed by atoms with E-state index in [1.54, 1.807) is 29.2 Å². The maximum atomic E-state index is 11.4. The lowest BCUT2D eigenvalue weighted by molar-refractivity contribution is 0.0999. The van der Waals surface area contributed by atoms with Crippen molar-refractivity contribution in [2.45, 2.75) is 6.54 Å². The number of rotatable bonds is 3. The zero-order valence-corrected chi connectivity index (χ0v) is 10.2. The van der Waals surface area contributed by atoms with Crippen LogP contribution in [0.15, 0.2) is 48.9 Å². The zero-order chi connectivity index (χ0) is 13.2. The molecule has 0 radical (unpaired) electrons. The van der Waals surface area contributed by atoms with E-state index < -0.39 is 5.91 Å². The minimum absolute atomic E-state index is 0.427.